The minimum absolute atomic E-state index is 0.146. The van der Waals surface area contributed by atoms with Crippen LogP contribution in [0.3, 0.4) is 0 Å². The molecular formula is C30H36N6O4. The van der Waals surface area contributed by atoms with Crippen molar-refractivity contribution in [2.45, 2.75) is 32.4 Å². The number of anilines is 2. The van der Waals surface area contributed by atoms with Gasteiger partial charge in [-0.1, -0.05) is 37.8 Å². The molecule has 210 valence electrons. The lowest BCUT2D eigenvalue weighted by molar-refractivity contribution is -0.142. The summed E-state index contributed by atoms with van der Waals surface area (Å²) in [6, 6.07) is 11.2. The first-order chi connectivity index (χ1) is 19.3. The van der Waals surface area contributed by atoms with Crippen LogP contribution in [-0.2, 0) is 22.6 Å². The number of likely N-dealkylation sites (N-methyl/N-ethyl adjacent to an activating group) is 1. The van der Waals surface area contributed by atoms with Crippen LogP contribution in [0.25, 0.3) is 10.8 Å². The maximum atomic E-state index is 13.1. The Morgan fingerprint density at radius 1 is 1.15 bits per heavy atom. The number of benzene rings is 2. The van der Waals surface area contributed by atoms with Gasteiger partial charge in [-0.3, -0.25) is 9.59 Å². The molecule has 0 radical (unpaired) electrons. The Morgan fingerprint density at radius 2 is 1.95 bits per heavy atom. The number of phenols is 1. The van der Waals surface area contributed by atoms with E-state index in [1.54, 1.807) is 31.1 Å². The molecule has 2 aromatic carbocycles. The van der Waals surface area contributed by atoms with Gasteiger partial charge < -0.3 is 29.4 Å². The van der Waals surface area contributed by atoms with Crippen molar-refractivity contribution in [3.8, 4) is 11.8 Å². The van der Waals surface area contributed by atoms with Gasteiger partial charge >= 0.3 is 6.01 Å². The van der Waals surface area contributed by atoms with E-state index in [9.17, 15) is 14.7 Å². The Labute approximate surface area is 234 Å². The van der Waals surface area contributed by atoms with Gasteiger partial charge in [0.2, 0.25) is 11.8 Å². The van der Waals surface area contributed by atoms with Crippen molar-refractivity contribution in [1.82, 2.24) is 19.8 Å². The lowest BCUT2D eigenvalue weighted by Crippen LogP contribution is -2.60. The Morgan fingerprint density at radius 3 is 2.70 bits per heavy atom. The third-order valence-corrected chi connectivity index (χ3v) is 7.49. The monoisotopic (exact) mass is 544 g/mol. The van der Waals surface area contributed by atoms with Crippen molar-refractivity contribution in [2.24, 2.45) is 0 Å². The topological polar surface area (TPSA) is 102 Å². The van der Waals surface area contributed by atoms with E-state index in [1.165, 1.54) is 11.0 Å². The molecule has 2 aliphatic heterocycles. The van der Waals surface area contributed by atoms with Crippen molar-refractivity contribution in [3.05, 3.63) is 60.3 Å². The summed E-state index contributed by atoms with van der Waals surface area (Å²) in [5.41, 5.74) is 2.82. The number of phenolic OH excluding ortho intramolecular Hbond substituents is 1. The van der Waals surface area contributed by atoms with Gasteiger partial charge in [0.1, 0.15) is 17.6 Å². The lowest BCUT2D eigenvalue weighted by Gasteiger charge is -2.42. The molecule has 5 rings (SSSR count). The second-order valence-corrected chi connectivity index (χ2v) is 10.4. The molecule has 10 heteroatoms. The molecular weight excluding hydrogens is 508 g/mol. The van der Waals surface area contributed by atoms with Crippen LogP contribution in [0, 0.1) is 0 Å². The summed E-state index contributed by atoms with van der Waals surface area (Å²) in [7, 11) is 3.39. The third-order valence-electron chi connectivity index (χ3n) is 7.49. The van der Waals surface area contributed by atoms with Gasteiger partial charge in [-0.15, -0.1) is 0 Å². The van der Waals surface area contributed by atoms with Crippen LogP contribution >= 0.6 is 0 Å². The predicted molar refractivity (Wildman–Crippen MR) is 155 cm³/mol. The number of hydrogen-bond acceptors (Lipinski definition) is 8. The third kappa shape index (κ3) is 5.25. The Bertz CT molecular complexity index is 1440. The summed E-state index contributed by atoms with van der Waals surface area (Å²) in [4.78, 5) is 42.8. The Hall–Kier alpha value is -4.34. The number of aromatic hydroxyl groups is 1. The fraction of sp³-hybridized carbons (Fsp3) is 0.400. The minimum Gasteiger partial charge on any atom is -0.508 e. The van der Waals surface area contributed by atoms with Gasteiger partial charge in [0.25, 0.3) is 0 Å². The van der Waals surface area contributed by atoms with E-state index in [2.05, 4.69) is 22.4 Å². The van der Waals surface area contributed by atoms with E-state index >= 15 is 0 Å². The van der Waals surface area contributed by atoms with Gasteiger partial charge in [-0.25, -0.2) is 0 Å². The first kappa shape index (κ1) is 27.2. The standard InChI is InChI=1S/C30H36N6O4/c1-5-15-40-30-31-24-18-34(25-17-21(37)16-20-9-7-8-10-22(20)25)12-11-23(24)28(32-30)35-13-14-36(27(38)6-2)26(19-35)29(39)33(3)4/h6-10,16-17,26,37H,2,5,11-15,18-19H2,1,3-4H3. The van der Waals surface area contributed by atoms with Crippen molar-refractivity contribution in [1.29, 1.82) is 0 Å². The molecule has 2 aliphatic rings. The minimum atomic E-state index is -0.654. The Balaban J connectivity index is 1.51. The van der Waals surface area contributed by atoms with Crippen LogP contribution in [0.4, 0.5) is 11.5 Å². The maximum Gasteiger partial charge on any atom is 0.318 e. The molecule has 10 nitrogen and oxygen atoms in total. The van der Waals surface area contributed by atoms with E-state index in [0.717, 1.165) is 40.0 Å². The predicted octanol–water partition coefficient (Wildman–Crippen LogP) is 2.98. The highest BCUT2D eigenvalue weighted by molar-refractivity contribution is 5.96. The van der Waals surface area contributed by atoms with Crippen LogP contribution in [0.15, 0.2) is 49.1 Å². The molecule has 1 fully saturated rings. The van der Waals surface area contributed by atoms with E-state index < -0.39 is 6.04 Å². The second-order valence-electron chi connectivity index (χ2n) is 10.4. The molecule has 0 bridgehead atoms. The zero-order chi connectivity index (χ0) is 28.4. The molecule has 0 spiro atoms. The van der Waals surface area contributed by atoms with Gasteiger partial charge in [0, 0.05) is 63.0 Å². The van der Waals surface area contributed by atoms with Crippen molar-refractivity contribution in [2.75, 3.05) is 56.7 Å². The molecule has 0 saturated carbocycles. The van der Waals surface area contributed by atoms with Gasteiger partial charge in [0.15, 0.2) is 0 Å². The first-order valence-electron chi connectivity index (χ1n) is 13.7. The van der Waals surface area contributed by atoms with Crippen LogP contribution in [0.1, 0.15) is 24.6 Å². The number of fused-ring (bicyclic) bond motifs is 2. The number of carbonyl (C=O) groups is 2. The van der Waals surface area contributed by atoms with Crippen LogP contribution < -0.4 is 14.5 Å². The fourth-order valence-electron chi connectivity index (χ4n) is 5.52. The Kier molecular flexibility index (Phi) is 7.77. The number of piperazine rings is 1. The number of rotatable bonds is 7. The summed E-state index contributed by atoms with van der Waals surface area (Å²) in [6.45, 7) is 8.58. The van der Waals surface area contributed by atoms with E-state index in [4.69, 9.17) is 14.7 Å². The highest BCUT2D eigenvalue weighted by Gasteiger charge is 2.37. The second kappa shape index (κ2) is 11.4. The van der Waals surface area contributed by atoms with Gasteiger partial charge in [-0.05, 0) is 30.4 Å². The highest BCUT2D eigenvalue weighted by Crippen LogP contribution is 2.36. The highest BCUT2D eigenvalue weighted by atomic mass is 16.5. The molecule has 1 aromatic heterocycles. The largest absolute Gasteiger partial charge is 0.508 e. The summed E-state index contributed by atoms with van der Waals surface area (Å²) in [5.74, 6) is 0.565. The number of aromatic nitrogens is 2. The summed E-state index contributed by atoms with van der Waals surface area (Å²) in [5, 5.41) is 12.5. The lowest BCUT2D eigenvalue weighted by atomic mass is 10.0. The fourth-order valence-corrected chi connectivity index (χ4v) is 5.52. The van der Waals surface area contributed by atoms with Crippen molar-refractivity contribution in [3.63, 3.8) is 0 Å². The number of hydrogen-bond donors (Lipinski definition) is 1. The molecule has 1 atom stereocenters. The average Bonchev–Trinajstić information content (AvgIpc) is 2.97. The SMILES string of the molecule is C=CC(=O)N1CCN(c2nc(OCCC)nc3c2CCN(c2cc(O)cc4ccccc24)C3)CC1C(=O)N(C)C. The molecule has 0 aliphatic carbocycles. The number of amides is 2. The summed E-state index contributed by atoms with van der Waals surface area (Å²) >= 11 is 0. The molecule has 3 aromatic rings. The normalized spacial score (nSPS) is 17.0. The zero-order valence-electron chi connectivity index (χ0n) is 23.3. The van der Waals surface area contributed by atoms with Gasteiger partial charge in [0.05, 0.1) is 18.8 Å². The van der Waals surface area contributed by atoms with E-state index in [0.29, 0.717) is 51.8 Å². The summed E-state index contributed by atoms with van der Waals surface area (Å²) in [6.07, 6.45) is 2.76. The van der Waals surface area contributed by atoms with Crippen LogP contribution in [-0.4, -0.2) is 89.6 Å². The van der Waals surface area contributed by atoms with Crippen LogP contribution in [0.5, 0.6) is 11.8 Å². The van der Waals surface area contributed by atoms with Crippen molar-refractivity contribution >= 4 is 34.1 Å². The number of nitrogens with zero attached hydrogens (tertiary/aromatic N) is 6. The molecule has 1 unspecified atom stereocenters. The first-order valence-corrected chi connectivity index (χ1v) is 13.7. The zero-order valence-corrected chi connectivity index (χ0v) is 23.3. The van der Waals surface area contributed by atoms with Crippen molar-refractivity contribution < 1.29 is 19.4 Å². The molecule has 3 heterocycles. The molecule has 1 N–H and O–H groups in total. The van der Waals surface area contributed by atoms with E-state index in [1.807, 2.05) is 25.1 Å². The molecule has 1 saturated heterocycles. The quantitative estimate of drug-likeness (QED) is 0.453. The smallest absolute Gasteiger partial charge is 0.318 e. The number of carbonyl (C=O) groups excluding carboxylic acids is 2. The average molecular weight is 545 g/mol. The molecule has 40 heavy (non-hydrogen) atoms. The van der Waals surface area contributed by atoms with Gasteiger partial charge in [-0.2, -0.15) is 9.97 Å². The van der Waals surface area contributed by atoms with Crippen LogP contribution in [0.2, 0.25) is 0 Å². The number of ether oxygens (including phenoxy) is 1. The molecule has 2 amide bonds. The maximum absolute atomic E-state index is 13.1. The summed E-state index contributed by atoms with van der Waals surface area (Å²) < 4.78 is 5.91. The van der Waals surface area contributed by atoms with E-state index in [-0.39, 0.29) is 17.6 Å².